The standard InChI is InChI=1S/C21H17N5O4S/c27-18(11-26-12-22-14-5-2-1-4-13(14)20(26)29)25-8-7-15-17(10-25)31-21(23-15)24-19(28)16-6-3-9-30-16/h1-6,9,12H,7-8,10-11H2,(H,23,24,28). The molecule has 31 heavy (non-hydrogen) atoms. The summed E-state index contributed by atoms with van der Waals surface area (Å²) in [6, 6.07) is 10.3. The molecule has 0 fully saturated rings. The molecule has 5 rings (SSSR count). The highest BCUT2D eigenvalue weighted by atomic mass is 32.1. The van der Waals surface area contributed by atoms with Crippen LogP contribution in [0.3, 0.4) is 0 Å². The Balaban J connectivity index is 1.29. The smallest absolute Gasteiger partial charge is 0.293 e. The van der Waals surface area contributed by atoms with Gasteiger partial charge in [0.2, 0.25) is 5.91 Å². The minimum absolute atomic E-state index is 0.0765. The summed E-state index contributed by atoms with van der Waals surface area (Å²) < 4.78 is 6.43. The Morgan fingerprint density at radius 2 is 2.06 bits per heavy atom. The fraction of sp³-hybridized carbons (Fsp3) is 0.190. The summed E-state index contributed by atoms with van der Waals surface area (Å²) in [6.45, 7) is 0.808. The lowest BCUT2D eigenvalue weighted by Gasteiger charge is -2.26. The van der Waals surface area contributed by atoms with Gasteiger partial charge in [0, 0.05) is 17.8 Å². The van der Waals surface area contributed by atoms with Crippen molar-refractivity contribution >= 4 is 39.2 Å². The number of nitrogens with one attached hydrogen (secondary N) is 1. The number of rotatable bonds is 4. The summed E-state index contributed by atoms with van der Waals surface area (Å²) in [4.78, 5) is 49.0. The topological polar surface area (TPSA) is 110 Å². The highest BCUT2D eigenvalue weighted by molar-refractivity contribution is 7.15. The van der Waals surface area contributed by atoms with Crippen molar-refractivity contribution in [3.05, 3.63) is 75.7 Å². The molecule has 4 aromatic rings. The van der Waals surface area contributed by atoms with Gasteiger partial charge in [0.05, 0.1) is 35.7 Å². The molecule has 156 valence electrons. The lowest BCUT2D eigenvalue weighted by molar-refractivity contribution is -0.132. The molecule has 0 atom stereocenters. The van der Waals surface area contributed by atoms with Crippen molar-refractivity contribution in [1.29, 1.82) is 0 Å². The van der Waals surface area contributed by atoms with E-state index in [1.807, 2.05) is 6.07 Å². The van der Waals surface area contributed by atoms with E-state index in [1.54, 1.807) is 35.2 Å². The minimum Gasteiger partial charge on any atom is -0.459 e. The van der Waals surface area contributed by atoms with Crippen LogP contribution in [0.5, 0.6) is 0 Å². The number of para-hydroxylation sites is 1. The number of carbonyl (C=O) groups excluding carboxylic acids is 2. The molecule has 0 bridgehead atoms. The highest BCUT2D eigenvalue weighted by Crippen LogP contribution is 2.28. The molecular formula is C21H17N5O4S. The zero-order valence-electron chi connectivity index (χ0n) is 16.3. The fourth-order valence-corrected chi connectivity index (χ4v) is 4.51. The first-order valence-corrected chi connectivity index (χ1v) is 10.5. The number of amides is 2. The van der Waals surface area contributed by atoms with Gasteiger partial charge in [-0.1, -0.05) is 23.5 Å². The van der Waals surface area contributed by atoms with Gasteiger partial charge in [-0.15, -0.1) is 0 Å². The first-order valence-electron chi connectivity index (χ1n) is 9.64. The van der Waals surface area contributed by atoms with Gasteiger partial charge in [-0.3, -0.25) is 24.3 Å². The number of fused-ring (bicyclic) bond motifs is 2. The molecule has 3 aromatic heterocycles. The number of furan rings is 1. The normalized spacial score (nSPS) is 13.2. The first kappa shape index (κ1) is 19.2. The summed E-state index contributed by atoms with van der Waals surface area (Å²) in [5.74, 6) is -0.328. The molecule has 2 amide bonds. The minimum atomic E-state index is -0.368. The summed E-state index contributed by atoms with van der Waals surface area (Å²) in [7, 11) is 0. The number of hydrogen-bond donors (Lipinski definition) is 1. The van der Waals surface area contributed by atoms with Gasteiger partial charge in [-0.05, 0) is 24.3 Å². The Kier molecular flexibility index (Phi) is 4.83. The van der Waals surface area contributed by atoms with Crippen molar-refractivity contribution in [3.63, 3.8) is 0 Å². The van der Waals surface area contributed by atoms with Crippen molar-refractivity contribution in [2.24, 2.45) is 0 Å². The average Bonchev–Trinajstić information content (AvgIpc) is 3.45. The molecule has 0 unspecified atom stereocenters. The molecular weight excluding hydrogens is 418 g/mol. The van der Waals surface area contributed by atoms with E-state index in [4.69, 9.17) is 4.42 Å². The second-order valence-electron chi connectivity index (χ2n) is 7.08. The molecule has 10 heteroatoms. The van der Waals surface area contributed by atoms with Crippen molar-refractivity contribution < 1.29 is 14.0 Å². The maximum absolute atomic E-state index is 12.8. The third-order valence-electron chi connectivity index (χ3n) is 5.09. The third-order valence-corrected chi connectivity index (χ3v) is 6.08. The molecule has 1 aliphatic heterocycles. The second-order valence-corrected chi connectivity index (χ2v) is 8.16. The van der Waals surface area contributed by atoms with Gasteiger partial charge in [0.1, 0.15) is 6.54 Å². The summed E-state index contributed by atoms with van der Waals surface area (Å²) in [5.41, 5.74) is 1.23. The van der Waals surface area contributed by atoms with Crippen LogP contribution in [-0.4, -0.2) is 37.8 Å². The van der Waals surface area contributed by atoms with Crippen LogP contribution in [0.4, 0.5) is 5.13 Å². The van der Waals surface area contributed by atoms with Crippen molar-refractivity contribution in [1.82, 2.24) is 19.4 Å². The monoisotopic (exact) mass is 435 g/mol. The Morgan fingerprint density at radius 3 is 2.90 bits per heavy atom. The van der Waals surface area contributed by atoms with E-state index in [9.17, 15) is 14.4 Å². The van der Waals surface area contributed by atoms with Gasteiger partial charge < -0.3 is 9.32 Å². The highest BCUT2D eigenvalue weighted by Gasteiger charge is 2.25. The number of anilines is 1. The van der Waals surface area contributed by atoms with Gasteiger partial charge in [0.25, 0.3) is 11.5 Å². The average molecular weight is 435 g/mol. The zero-order chi connectivity index (χ0) is 21.4. The SMILES string of the molecule is O=C(Nc1nc2c(s1)CN(C(=O)Cn1cnc3ccccc3c1=O)CC2)c1ccco1. The van der Waals surface area contributed by atoms with Crippen molar-refractivity contribution in [2.45, 2.75) is 19.5 Å². The van der Waals surface area contributed by atoms with Crippen LogP contribution in [0.25, 0.3) is 10.9 Å². The maximum atomic E-state index is 12.8. The molecule has 4 heterocycles. The first-order chi connectivity index (χ1) is 15.1. The van der Waals surface area contributed by atoms with Crippen LogP contribution >= 0.6 is 11.3 Å². The van der Waals surface area contributed by atoms with Crippen LogP contribution in [0.15, 0.2) is 58.2 Å². The molecule has 9 nitrogen and oxygen atoms in total. The van der Waals surface area contributed by atoms with E-state index in [-0.39, 0.29) is 29.7 Å². The van der Waals surface area contributed by atoms with Gasteiger partial charge >= 0.3 is 0 Å². The fourth-order valence-electron chi connectivity index (χ4n) is 3.49. The summed E-state index contributed by atoms with van der Waals surface area (Å²) in [5, 5.41) is 3.68. The van der Waals surface area contributed by atoms with E-state index in [1.165, 1.54) is 28.5 Å². The molecule has 1 N–H and O–H groups in total. The predicted octanol–water partition coefficient (Wildman–Crippen LogP) is 2.28. The van der Waals surface area contributed by atoms with Gasteiger partial charge in [-0.25, -0.2) is 9.97 Å². The zero-order valence-corrected chi connectivity index (χ0v) is 17.1. The van der Waals surface area contributed by atoms with Gasteiger partial charge in [0.15, 0.2) is 10.9 Å². The largest absolute Gasteiger partial charge is 0.459 e. The van der Waals surface area contributed by atoms with Gasteiger partial charge in [-0.2, -0.15) is 0 Å². The predicted molar refractivity (Wildman–Crippen MR) is 114 cm³/mol. The second kappa shape index (κ2) is 7.80. The van der Waals surface area contributed by atoms with Crippen LogP contribution < -0.4 is 10.9 Å². The Morgan fingerprint density at radius 1 is 1.19 bits per heavy atom. The molecule has 0 aliphatic carbocycles. The Labute approximate surface area is 180 Å². The van der Waals surface area contributed by atoms with E-state index in [2.05, 4.69) is 15.3 Å². The number of benzene rings is 1. The van der Waals surface area contributed by atoms with E-state index >= 15 is 0 Å². The summed E-state index contributed by atoms with van der Waals surface area (Å²) >= 11 is 1.33. The Hall–Kier alpha value is -3.79. The van der Waals surface area contributed by atoms with Crippen LogP contribution in [-0.2, 0) is 24.3 Å². The van der Waals surface area contributed by atoms with Crippen LogP contribution in [0.1, 0.15) is 21.1 Å². The number of carbonyl (C=O) groups is 2. The third kappa shape index (κ3) is 3.73. The molecule has 1 aliphatic rings. The molecule has 0 radical (unpaired) electrons. The van der Waals surface area contributed by atoms with Crippen molar-refractivity contribution in [2.75, 3.05) is 11.9 Å². The summed E-state index contributed by atoms with van der Waals surface area (Å²) in [6.07, 6.45) is 3.42. The number of thiazole rings is 1. The van der Waals surface area contributed by atoms with E-state index in [0.717, 1.165) is 10.6 Å². The molecule has 0 spiro atoms. The lowest BCUT2D eigenvalue weighted by atomic mass is 10.2. The number of hydrogen-bond acceptors (Lipinski definition) is 7. The Bertz CT molecular complexity index is 1340. The number of nitrogens with zero attached hydrogens (tertiary/aromatic N) is 4. The molecule has 0 saturated carbocycles. The van der Waals surface area contributed by atoms with Crippen LogP contribution in [0, 0.1) is 0 Å². The van der Waals surface area contributed by atoms with Crippen molar-refractivity contribution in [3.8, 4) is 0 Å². The van der Waals surface area contributed by atoms with E-state index in [0.29, 0.717) is 35.5 Å². The maximum Gasteiger partial charge on any atom is 0.293 e. The van der Waals surface area contributed by atoms with E-state index < -0.39 is 0 Å². The lowest BCUT2D eigenvalue weighted by Crippen LogP contribution is -2.39. The quantitative estimate of drug-likeness (QED) is 0.527. The molecule has 1 aromatic carbocycles. The number of aromatic nitrogens is 3. The van der Waals surface area contributed by atoms with Crippen LogP contribution in [0.2, 0.25) is 0 Å². The molecule has 0 saturated heterocycles.